The predicted octanol–water partition coefficient (Wildman–Crippen LogP) is 2.01. The van der Waals surface area contributed by atoms with Crippen molar-refractivity contribution in [2.45, 2.75) is 19.1 Å². The van der Waals surface area contributed by atoms with E-state index in [1.165, 1.54) is 0 Å². The van der Waals surface area contributed by atoms with Crippen LogP contribution in [0.25, 0.3) is 0 Å². The average Bonchev–Trinajstić information content (AvgIpc) is 3.00. The molecular formula is C16H18ClN5O. The number of para-hydroxylation sites is 1. The monoisotopic (exact) mass is 331 g/mol. The number of hydrogen-bond acceptors (Lipinski definition) is 5. The molecule has 2 aromatic carbocycles. The SMILES string of the molecule is Cc1ccc(Cl)cc1NC(=O)C1NNNC1Nc1ccccc1. The molecule has 0 bridgehead atoms. The van der Waals surface area contributed by atoms with Gasteiger partial charge in [0.05, 0.1) is 0 Å². The number of carbonyl (C=O) groups excluding carboxylic acids is 1. The molecule has 120 valence electrons. The summed E-state index contributed by atoms with van der Waals surface area (Å²) in [5.74, 6) is -0.165. The second-order valence-corrected chi connectivity index (χ2v) is 5.76. The molecule has 1 aliphatic rings. The lowest BCUT2D eigenvalue weighted by molar-refractivity contribution is -0.118. The minimum atomic E-state index is -0.492. The molecular weight excluding hydrogens is 314 g/mol. The summed E-state index contributed by atoms with van der Waals surface area (Å²) in [6.45, 7) is 1.92. The number of aryl methyl sites for hydroxylation is 1. The van der Waals surface area contributed by atoms with Gasteiger partial charge in [0, 0.05) is 16.4 Å². The highest BCUT2D eigenvalue weighted by Crippen LogP contribution is 2.20. The maximum atomic E-state index is 12.5. The van der Waals surface area contributed by atoms with E-state index >= 15 is 0 Å². The fourth-order valence-electron chi connectivity index (χ4n) is 2.35. The van der Waals surface area contributed by atoms with Crippen LogP contribution in [-0.2, 0) is 4.79 Å². The molecule has 0 aliphatic carbocycles. The number of hydrazine groups is 2. The van der Waals surface area contributed by atoms with Gasteiger partial charge >= 0.3 is 0 Å². The third-order valence-electron chi connectivity index (χ3n) is 3.62. The Morgan fingerprint density at radius 3 is 2.70 bits per heavy atom. The fourth-order valence-corrected chi connectivity index (χ4v) is 2.53. The molecule has 0 saturated carbocycles. The third-order valence-corrected chi connectivity index (χ3v) is 3.86. The Kier molecular flexibility index (Phi) is 4.78. The van der Waals surface area contributed by atoms with Crippen molar-refractivity contribution >= 4 is 28.9 Å². The summed E-state index contributed by atoms with van der Waals surface area (Å²) < 4.78 is 0. The van der Waals surface area contributed by atoms with Crippen LogP contribution in [0.1, 0.15) is 5.56 Å². The predicted molar refractivity (Wildman–Crippen MR) is 91.9 cm³/mol. The van der Waals surface area contributed by atoms with Crippen LogP contribution in [0.4, 0.5) is 11.4 Å². The van der Waals surface area contributed by atoms with Crippen molar-refractivity contribution in [3.05, 3.63) is 59.1 Å². The molecule has 1 saturated heterocycles. The van der Waals surface area contributed by atoms with Crippen LogP contribution in [-0.4, -0.2) is 18.1 Å². The Balaban J connectivity index is 1.69. The zero-order chi connectivity index (χ0) is 16.2. The van der Waals surface area contributed by atoms with E-state index in [2.05, 4.69) is 27.0 Å². The largest absolute Gasteiger partial charge is 0.367 e. The average molecular weight is 332 g/mol. The zero-order valence-corrected chi connectivity index (χ0v) is 13.3. The lowest BCUT2D eigenvalue weighted by atomic mass is 10.1. The normalized spacial score (nSPS) is 20.3. The molecule has 2 aromatic rings. The summed E-state index contributed by atoms with van der Waals surface area (Å²) in [7, 11) is 0. The quantitative estimate of drug-likeness (QED) is 0.592. The minimum absolute atomic E-state index is 0.165. The smallest absolute Gasteiger partial charge is 0.246 e. The van der Waals surface area contributed by atoms with Crippen LogP contribution in [0, 0.1) is 6.92 Å². The molecule has 2 atom stereocenters. The molecule has 1 aliphatic heterocycles. The number of nitrogens with one attached hydrogen (secondary N) is 5. The standard InChI is InChI=1S/C16H18ClN5O/c1-10-7-8-11(17)9-13(10)19-16(23)14-15(21-22-20-14)18-12-5-3-2-4-6-12/h2-9,14-15,18,20-22H,1H3,(H,19,23). The van der Waals surface area contributed by atoms with E-state index < -0.39 is 6.04 Å². The van der Waals surface area contributed by atoms with Gasteiger partial charge in [-0.2, -0.15) is 5.53 Å². The van der Waals surface area contributed by atoms with Gasteiger partial charge in [-0.15, -0.1) is 0 Å². The van der Waals surface area contributed by atoms with E-state index in [-0.39, 0.29) is 12.1 Å². The Bertz CT molecular complexity index is 694. The number of rotatable bonds is 4. The molecule has 1 heterocycles. The number of halogens is 1. The highest BCUT2D eigenvalue weighted by Gasteiger charge is 2.32. The van der Waals surface area contributed by atoms with Crippen molar-refractivity contribution in [2.75, 3.05) is 10.6 Å². The minimum Gasteiger partial charge on any atom is -0.367 e. The summed E-state index contributed by atoms with van der Waals surface area (Å²) in [6, 6.07) is 14.6. The van der Waals surface area contributed by atoms with Crippen molar-refractivity contribution < 1.29 is 4.79 Å². The number of hydrogen-bond donors (Lipinski definition) is 5. The summed E-state index contributed by atoms with van der Waals surface area (Å²) >= 11 is 5.99. The molecule has 23 heavy (non-hydrogen) atoms. The second-order valence-electron chi connectivity index (χ2n) is 5.33. The molecule has 2 unspecified atom stereocenters. The van der Waals surface area contributed by atoms with Gasteiger partial charge in [-0.05, 0) is 36.8 Å². The van der Waals surface area contributed by atoms with Crippen molar-refractivity contribution in [3.8, 4) is 0 Å². The maximum Gasteiger partial charge on any atom is 0.246 e. The molecule has 7 heteroatoms. The first-order valence-corrected chi connectivity index (χ1v) is 7.66. The van der Waals surface area contributed by atoms with E-state index in [9.17, 15) is 4.79 Å². The van der Waals surface area contributed by atoms with Gasteiger partial charge in [0.25, 0.3) is 0 Å². The van der Waals surface area contributed by atoms with Gasteiger partial charge < -0.3 is 10.6 Å². The van der Waals surface area contributed by atoms with Crippen molar-refractivity contribution in [1.82, 2.24) is 16.4 Å². The van der Waals surface area contributed by atoms with Crippen molar-refractivity contribution in [3.63, 3.8) is 0 Å². The molecule has 0 spiro atoms. The number of amides is 1. The lowest BCUT2D eigenvalue weighted by Crippen LogP contribution is -2.48. The highest BCUT2D eigenvalue weighted by molar-refractivity contribution is 6.31. The zero-order valence-electron chi connectivity index (χ0n) is 12.6. The third kappa shape index (κ3) is 3.80. The Hall–Kier alpha value is -2.12. The Morgan fingerprint density at radius 1 is 1.13 bits per heavy atom. The molecule has 5 N–H and O–H groups in total. The van der Waals surface area contributed by atoms with Crippen LogP contribution in [0.15, 0.2) is 48.5 Å². The summed E-state index contributed by atoms with van der Waals surface area (Å²) in [5, 5.41) is 6.75. The Morgan fingerprint density at radius 2 is 1.91 bits per heavy atom. The van der Waals surface area contributed by atoms with Gasteiger partial charge in [-0.25, -0.2) is 10.9 Å². The van der Waals surface area contributed by atoms with Crippen molar-refractivity contribution in [1.29, 1.82) is 0 Å². The van der Waals surface area contributed by atoms with Crippen molar-refractivity contribution in [2.24, 2.45) is 0 Å². The fraction of sp³-hybridized carbons (Fsp3) is 0.188. The first-order valence-electron chi connectivity index (χ1n) is 7.28. The number of anilines is 2. The van der Waals surface area contributed by atoms with Crippen LogP contribution in [0.3, 0.4) is 0 Å². The van der Waals surface area contributed by atoms with E-state index in [1.54, 1.807) is 12.1 Å². The summed E-state index contributed by atoms with van der Waals surface area (Å²) in [4.78, 5) is 12.5. The van der Waals surface area contributed by atoms with Crippen LogP contribution >= 0.6 is 11.6 Å². The van der Waals surface area contributed by atoms with Crippen LogP contribution in [0.2, 0.25) is 5.02 Å². The molecule has 0 radical (unpaired) electrons. The van der Waals surface area contributed by atoms with Crippen LogP contribution < -0.4 is 27.0 Å². The van der Waals surface area contributed by atoms with Gasteiger partial charge in [0.15, 0.2) is 0 Å². The van der Waals surface area contributed by atoms with E-state index in [0.29, 0.717) is 10.7 Å². The second kappa shape index (κ2) is 6.97. The topological polar surface area (TPSA) is 77.2 Å². The molecule has 3 rings (SSSR count). The van der Waals surface area contributed by atoms with E-state index in [1.807, 2.05) is 43.3 Å². The van der Waals surface area contributed by atoms with Gasteiger partial charge in [-0.1, -0.05) is 35.9 Å². The lowest BCUT2D eigenvalue weighted by Gasteiger charge is -2.20. The summed E-state index contributed by atoms with van der Waals surface area (Å²) in [5.41, 5.74) is 11.3. The van der Waals surface area contributed by atoms with E-state index in [4.69, 9.17) is 11.6 Å². The van der Waals surface area contributed by atoms with Gasteiger partial charge in [0.2, 0.25) is 5.91 Å². The first-order chi connectivity index (χ1) is 11.1. The number of carbonyl (C=O) groups is 1. The van der Waals surface area contributed by atoms with Gasteiger partial charge in [-0.3, -0.25) is 4.79 Å². The Labute approximate surface area is 139 Å². The van der Waals surface area contributed by atoms with E-state index in [0.717, 1.165) is 11.3 Å². The molecule has 6 nitrogen and oxygen atoms in total. The highest BCUT2D eigenvalue weighted by atomic mass is 35.5. The number of benzene rings is 2. The molecule has 1 fully saturated rings. The molecule has 0 aromatic heterocycles. The maximum absolute atomic E-state index is 12.5. The molecule has 1 amide bonds. The van der Waals surface area contributed by atoms with Crippen LogP contribution in [0.5, 0.6) is 0 Å². The summed E-state index contributed by atoms with van der Waals surface area (Å²) in [6.07, 6.45) is -0.295. The van der Waals surface area contributed by atoms with Gasteiger partial charge in [0.1, 0.15) is 12.2 Å². The first kappa shape index (κ1) is 15.8.